The lowest BCUT2D eigenvalue weighted by molar-refractivity contribution is 0.234. The maximum Gasteiger partial charge on any atom is 0.120 e. The first-order valence-electron chi connectivity index (χ1n) is 6.89. The predicted molar refractivity (Wildman–Crippen MR) is 87.8 cm³/mol. The largest absolute Gasteiger partial charge is 0.497 e. The molecule has 0 saturated carbocycles. The molecule has 2 rings (SSSR count). The summed E-state index contributed by atoms with van der Waals surface area (Å²) in [5, 5.41) is 4.09. The average Bonchev–Trinajstić information content (AvgIpc) is 2.49. The lowest BCUT2D eigenvalue weighted by atomic mass is 10.2. The Morgan fingerprint density at radius 2 is 1.76 bits per heavy atom. The van der Waals surface area contributed by atoms with E-state index in [9.17, 15) is 0 Å². The predicted octanol–water partition coefficient (Wildman–Crippen LogP) is 4.54. The van der Waals surface area contributed by atoms with E-state index in [2.05, 4.69) is 5.32 Å². The molecule has 0 unspecified atom stereocenters. The number of hydrogen-bond acceptors (Lipinski definition) is 3. The second kappa shape index (κ2) is 7.23. The summed E-state index contributed by atoms with van der Waals surface area (Å²) < 4.78 is 11.0. The fourth-order valence-corrected chi connectivity index (χ4v) is 2.14. The molecule has 2 aromatic rings. The zero-order valence-corrected chi connectivity index (χ0v) is 13.3. The molecule has 4 heteroatoms. The number of hydrogen-bond donors (Lipinski definition) is 1. The molecule has 0 heterocycles. The molecular weight excluding hydrogens is 286 g/mol. The van der Waals surface area contributed by atoms with Crippen molar-refractivity contribution in [2.45, 2.75) is 20.0 Å². The Balaban J connectivity index is 1.89. The van der Waals surface area contributed by atoms with Crippen LogP contribution in [-0.2, 0) is 0 Å². The standard InChI is InChI=1S/C17H20ClNO2/c1-12-4-5-14(18)10-17(12)19-11-13(2)21-16-8-6-15(20-3)7-9-16/h4-10,13,19H,11H2,1-3H3/t13-/m0/s1. The molecule has 0 radical (unpaired) electrons. The van der Waals surface area contributed by atoms with Crippen LogP contribution < -0.4 is 14.8 Å². The third-order valence-corrected chi connectivity index (χ3v) is 3.41. The van der Waals surface area contributed by atoms with Gasteiger partial charge in [0.2, 0.25) is 0 Å². The lowest BCUT2D eigenvalue weighted by Gasteiger charge is -2.17. The van der Waals surface area contributed by atoms with E-state index in [4.69, 9.17) is 21.1 Å². The molecule has 21 heavy (non-hydrogen) atoms. The van der Waals surface area contributed by atoms with Gasteiger partial charge < -0.3 is 14.8 Å². The summed E-state index contributed by atoms with van der Waals surface area (Å²) in [6, 6.07) is 13.4. The second-order valence-corrected chi connectivity index (χ2v) is 5.38. The number of aryl methyl sites for hydroxylation is 1. The van der Waals surface area contributed by atoms with Crippen LogP contribution >= 0.6 is 11.6 Å². The minimum Gasteiger partial charge on any atom is -0.497 e. The van der Waals surface area contributed by atoms with Crippen LogP contribution in [0.15, 0.2) is 42.5 Å². The lowest BCUT2D eigenvalue weighted by Crippen LogP contribution is -2.22. The van der Waals surface area contributed by atoms with E-state index in [0.717, 1.165) is 27.8 Å². The van der Waals surface area contributed by atoms with E-state index >= 15 is 0 Å². The maximum atomic E-state index is 6.01. The fourth-order valence-electron chi connectivity index (χ4n) is 1.97. The first-order chi connectivity index (χ1) is 10.1. The van der Waals surface area contributed by atoms with Gasteiger partial charge in [-0.1, -0.05) is 17.7 Å². The molecule has 0 amide bonds. The Kier molecular flexibility index (Phi) is 5.34. The summed E-state index contributed by atoms with van der Waals surface area (Å²) in [6.45, 7) is 4.78. The molecule has 1 N–H and O–H groups in total. The Morgan fingerprint density at radius 3 is 2.43 bits per heavy atom. The van der Waals surface area contributed by atoms with Gasteiger partial charge in [-0.25, -0.2) is 0 Å². The van der Waals surface area contributed by atoms with Gasteiger partial charge in [-0.15, -0.1) is 0 Å². The highest BCUT2D eigenvalue weighted by Gasteiger charge is 2.06. The Morgan fingerprint density at radius 1 is 1.10 bits per heavy atom. The van der Waals surface area contributed by atoms with Crippen LogP contribution in [0.1, 0.15) is 12.5 Å². The van der Waals surface area contributed by atoms with Gasteiger partial charge in [0.1, 0.15) is 17.6 Å². The van der Waals surface area contributed by atoms with Crippen LogP contribution in [0.5, 0.6) is 11.5 Å². The quantitative estimate of drug-likeness (QED) is 0.850. The summed E-state index contributed by atoms with van der Waals surface area (Å²) in [5.41, 5.74) is 2.20. The van der Waals surface area contributed by atoms with Crippen LogP contribution in [0.3, 0.4) is 0 Å². The number of ether oxygens (including phenoxy) is 2. The highest BCUT2D eigenvalue weighted by molar-refractivity contribution is 6.30. The normalized spacial score (nSPS) is 11.8. The average molecular weight is 306 g/mol. The molecular formula is C17H20ClNO2. The van der Waals surface area contributed by atoms with Gasteiger partial charge in [0, 0.05) is 10.7 Å². The molecule has 3 nitrogen and oxygen atoms in total. The molecule has 0 aliphatic heterocycles. The van der Waals surface area contributed by atoms with Crippen molar-refractivity contribution >= 4 is 17.3 Å². The summed E-state index contributed by atoms with van der Waals surface area (Å²) in [7, 11) is 1.65. The van der Waals surface area contributed by atoms with E-state index < -0.39 is 0 Å². The van der Waals surface area contributed by atoms with Gasteiger partial charge in [-0.2, -0.15) is 0 Å². The van der Waals surface area contributed by atoms with E-state index in [1.807, 2.05) is 56.3 Å². The van der Waals surface area contributed by atoms with Crippen molar-refractivity contribution in [2.75, 3.05) is 19.0 Å². The number of halogens is 1. The third-order valence-electron chi connectivity index (χ3n) is 3.18. The van der Waals surface area contributed by atoms with Crippen molar-refractivity contribution < 1.29 is 9.47 Å². The van der Waals surface area contributed by atoms with Crippen molar-refractivity contribution in [3.05, 3.63) is 53.1 Å². The van der Waals surface area contributed by atoms with Gasteiger partial charge in [-0.05, 0) is 55.8 Å². The van der Waals surface area contributed by atoms with E-state index in [1.165, 1.54) is 0 Å². The monoisotopic (exact) mass is 305 g/mol. The van der Waals surface area contributed by atoms with Crippen molar-refractivity contribution in [3.8, 4) is 11.5 Å². The maximum absolute atomic E-state index is 6.01. The topological polar surface area (TPSA) is 30.5 Å². The van der Waals surface area contributed by atoms with Crippen LogP contribution in [-0.4, -0.2) is 19.8 Å². The SMILES string of the molecule is COc1ccc(O[C@@H](C)CNc2cc(Cl)ccc2C)cc1. The molecule has 0 saturated heterocycles. The molecule has 112 valence electrons. The highest BCUT2D eigenvalue weighted by Crippen LogP contribution is 2.21. The number of rotatable bonds is 6. The van der Waals surface area contributed by atoms with Crippen LogP contribution in [0.25, 0.3) is 0 Å². The van der Waals surface area contributed by atoms with Crippen molar-refractivity contribution in [3.63, 3.8) is 0 Å². The summed E-state index contributed by atoms with van der Waals surface area (Å²) in [5.74, 6) is 1.65. The number of nitrogens with one attached hydrogen (secondary N) is 1. The molecule has 2 aromatic carbocycles. The number of anilines is 1. The summed E-state index contributed by atoms with van der Waals surface area (Å²) in [6.07, 6.45) is 0.0387. The van der Waals surface area contributed by atoms with Crippen molar-refractivity contribution in [1.82, 2.24) is 0 Å². The van der Waals surface area contributed by atoms with E-state index in [1.54, 1.807) is 7.11 Å². The van der Waals surface area contributed by atoms with Crippen molar-refractivity contribution in [2.24, 2.45) is 0 Å². The first kappa shape index (κ1) is 15.5. The molecule has 0 aliphatic carbocycles. The minimum atomic E-state index is 0.0387. The Hall–Kier alpha value is -1.87. The number of methoxy groups -OCH3 is 1. The second-order valence-electron chi connectivity index (χ2n) is 4.94. The van der Waals surface area contributed by atoms with Gasteiger partial charge >= 0.3 is 0 Å². The van der Waals surface area contributed by atoms with E-state index in [0.29, 0.717) is 6.54 Å². The molecule has 0 bridgehead atoms. The molecule has 0 aromatic heterocycles. The van der Waals surface area contributed by atoms with Crippen LogP contribution in [0.2, 0.25) is 5.02 Å². The van der Waals surface area contributed by atoms with Gasteiger partial charge in [0.25, 0.3) is 0 Å². The molecule has 0 spiro atoms. The number of benzene rings is 2. The van der Waals surface area contributed by atoms with Gasteiger partial charge in [0.05, 0.1) is 13.7 Å². The Labute approximate surface area is 130 Å². The smallest absolute Gasteiger partial charge is 0.120 e. The van der Waals surface area contributed by atoms with Gasteiger partial charge in [-0.3, -0.25) is 0 Å². The molecule has 0 aliphatic rings. The molecule has 0 fully saturated rings. The molecule has 1 atom stereocenters. The fraction of sp³-hybridized carbons (Fsp3) is 0.294. The zero-order chi connectivity index (χ0) is 15.2. The third kappa shape index (κ3) is 4.57. The highest BCUT2D eigenvalue weighted by atomic mass is 35.5. The van der Waals surface area contributed by atoms with Crippen LogP contribution in [0.4, 0.5) is 5.69 Å². The zero-order valence-electron chi connectivity index (χ0n) is 12.5. The first-order valence-corrected chi connectivity index (χ1v) is 7.27. The summed E-state index contributed by atoms with van der Waals surface area (Å²) in [4.78, 5) is 0. The Bertz CT molecular complexity index is 584. The van der Waals surface area contributed by atoms with Crippen LogP contribution in [0, 0.1) is 6.92 Å². The summed E-state index contributed by atoms with van der Waals surface area (Å²) >= 11 is 6.01. The van der Waals surface area contributed by atoms with E-state index in [-0.39, 0.29) is 6.10 Å². The van der Waals surface area contributed by atoms with Gasteiger partial charge in [0.15, 0.2) is 0 Å². The minimum absolute atomic E-state index is 0.0387. The van der Waals surface area contributed by atoms with Crippen molar-refractivity contribution in [1.29, 1.82) is 0 Å².